The third-order valence-corrected chi connectivity index (χ3v) is 8.03. The lowest BCUT2D eigenvalue weighted by Gasteiger charge is -2.39. The maximum Gasteiger partial charge on any atom is 0.251 e. The summed E-state index contributed by atoms with van der Waals surface area (Å²) >= 11 is 1.60. The minimum Gasteiger partial charge on any atom is -0.349 e. The standard InChI is InChI=1S/C20H26N4OS/c1-19(2)15-8-9-20(19,3)16(10-15)23-17(25)14-6-4-13(5-7-14)11-26-18-21-12-22-24-18/h4-7,12,15-16H,8-11H2,1-3H3,(H,23,25)(H,21,22,24). The SMILES string of the molecule is CC1(C)C2CCC1(C)C(NC(=O)c1ccc(CSc3ncn[nH]3)cc1)C2. The van der Waals surface area contributed by atoms with Gasteiger partial charge in [-0.1, -0.05) is 44.7 Å². The molecule has 6 heteroatoms. The zero-order valence-electron chi connectivity index (χ0n) is 15.6. The van der Waals surface area contributed by atoms with Crippen molar-refractivity contribution in [1.82, 2.24) is 20.5 Å². The molecule has 26 heavy (non-hydrogen) atoms. The summed E-state index contributed by atoms with van der Waals surface area (Å²) in [4.78, 5) is 16.9. The molecule has 0 saturated heterocycles. The van der Waals surface area contributed by atoms with Crippen molar-refractivity contribution in [3.63, 3.8) is 0 Å². The van der Waals surface area contributed by atoms with E-state index in [1.165, 1.54) is 19.2 Å². The number of carbonyl (C=O) groups excluding carboxylic acids is 1. The largest absolute Gasteiger partial charge is 0.349 e. The van der Waals surface area contributed by atoms with E-state index in [1.807, 2.05) is 24.3 Å². The van der Waals surface area contributed by atoms with Crippen LogP contribution in [0.3, 0.4) is 0 Å². The number of carbonyl (C=O) groups is 1. The van der Waals surface area contributed by atoms with Crippen molar-refractivity contribution in [1.29, 1.82) is 0 Å². The van der Waals surface area contributed by atoms with E-state index in [-0.39, 0.29) is 17.4 Å². The van der Waals surface area contributed by atoms with Crippen molar-refractivity contribution in [2.45, 2.75) is 57.0 Å². The number of aromatic nitrogens is 3. The van der Waals surface area contributed by atoms with E-state index in [1.54, 1.807) is 11.8 Å². The van der Waals surface area contributed by atoms with Gasteiger partial charge in [-0.3, -0.25) is 9.89 Å². The summed E-state index contributed by atoms with van der Waals surface area (Å²) in [5.74, 6) is 1.58. The first-order valence-electron chi connectivity index (χ1n) is 9.28. The smallest absolute Gasteiger partial charge is 0.251 e. The number of aromatic amines is 1. The topological polar surface area (TPSA) is 70.7 Å². The summed E-state index contributed by atoms with van der Waals surface area (Å²) in [6.45, 7) is 7.10. The Morgan fingerprint density at radius 1 is 1.31 bits per heavy atom. The summed E-state index contributed by atoms with van der Waals surface area (Å²) in [6, 6.07) is 8.17. The molecule has 2 saturated carbocycles. The van der Waals surface area contributed by atoms with E-state index in [0.717, 1.165) is 34.4 Å². The molecule has 1 amide bonds. The summed E-state index contributed by atoms with van der Waals surface area (Å²) in [5, 5.41) is 10.8. The highest BCUT2D eigenvalue weighted by molar-refractivity contribution is 7.98. The molecule has 3 atom stereocenters. The lowest BCUT2D eigenvalue weighted by molar-refractivity contribution is 0.0826. The van der Waals surface area contributed by atoms with E-state index in [9.17, 15) is 4.79 Å². The van der Waals surface area contributed by atoms with Crippen LogP contribution in [0.2, 0.25) is 0 Å². The van der Waals surface area contributed by atoms with Gasteiger partial charge in [-0.15, -0.1) is 0 Å². The fraction of sp³-hybridized carbons (Fsp3) is 0.550. The van der Waals surface area contributed by atoms with Crippen LogP contribution in [0.4, 0.5) is 0 Å². The Kier molecular flexibility index (Phi) is 4.34. The van der Waals surface area contributed by atoms with Crippen LogP contribution in [-0.2, 0) is 5.75 Å². The summed E-state index contributed by atoms with van der Waals surface area (Å²) in [5.41, 5.74) is 2.42. The number of hydrogen-bond acceptors (Lipinski definition) is 4. The average molecular weight is 371 g/mol. The Hall–Kier alpha value is -1.82. The molecule has 1 heterocycles. The van der Waals surface area contributed by atoms with Gasteiger partial charge in [0.1, 0.15) is 6.33 Å². The van der Waals surface area contributed by atoms with Gasteiger partial charge in [0.25, 0.3) is 5.91 Å². The Bertz CT molecular complexity index is 787. The molecule has 0 aliphatic heterocycles. The van der Waals surface area contributed by atoms with Crippen molar-refractivity contribution in [3.05, 3.63) is 41.7 Å². The van der Waals surface area contributed by atoms with E-state index in [2.05, 4.69) is 41.3 Å². The van der Waals surface area contributed by atoms with Crippen molar-refractivity contribution >= 4 is 17.7 Å². The van der Waals surface area contributed by atoms with Crippen molar-refractivity contribution in [2.75, 3.05) is 0 Å². The molecule has 138 valence electrons. The first kappa shape index (κ1) is 17.6. The number of fused-ring (bicyclic) bond motifs is 2. The first-order valence-corrected chi connectivity index (χ1v) is 10.3. The first-order chi connectivity index (χ1) is 12.4. The quantitative estimate of drug-likeness (QED) is 0.779. The molecule has 1 aromatic carbocycles. The number of H-pyrrole nitrogens is 1. The van der Waals surface area contributed by atoms with Crippen LogP contribution in [-0.4, -0.2) is 27.1 Å². The van der Waals surface area contributed by atoms with Crippen LogP contribution in [0.15, 0.2) is 35.7 Å². The van der Waals surface area contributed by atoms with Crippen molar-refractivity contribution in [2.24, 2.45) is 16.7 Å². The van der Waals surface area contributed by atoms with E-state index >= 15 is 0 Å². The molecule has 2 aliphatic carbocycles. The number of amides is 1. The molecule has 3 unspecified atom stereocenters. The maximum absolute atomic E-state index is 12.7. The molecule has 4 rings (SSSR count). The van der Waals surface area contributed by atoms with E-state index in [0.29, 0.717) is 5.41 Å². The van der Waals surface area contributed by atoms with Gasteiger partial charge in [0.15, 0.2) is 5.16 Å². The number of nitrogens with zero attached hydrogens (tertiary/aromatic N) is 2. The van der Waals surface area contributed by atoms with Crippen LogP contribution in [0.5, 0.6) is 0 Å². The monoisotopic (exact) mass is 370 g/mol. The predicted octanol–water partition coefficient (Wildman–Crippen LogP) is 4.04. The van der Waals surface area contributed by atoms with Gasteiger partial charge < -0.3 is 5.32 Å². The molecule has 2 bridgehead atoms. The number of rotatable bonds is 5. The molecule has 5 nitrogen and oxygen atoms in total. The molecule has 2 aliphatic rings. The zero-order chi connectivity index (χ0) is 18.4. The minimum atomic E-state index is 0.0500. The van der Waals surface area contributed by atoms with Gasteiger partial charge in [-0.25, -0.2) is 4.98 Å². The second kappa shape index (κ2) is 6.41. The zero-order valence-corrected chi connectivity index (χ0v) is 16.4. The van der Waals surface area contributed by atoms with Crippen molar-refractivity contribution in [3.8, 4) is 0 Å². The summed E-state index contributed by atoms with van der Waals surface area (Å²) in [7, 11) is 0. The van der Waals surface area contributed by atoms with Gasteiger partial charge in [0.05, 0.1) is 0 Å². The Morgan fingerprint density at radius 2 is 2.08 bits per heavy atom. The van der Waals surface area contributed by atoms with Crippen LogP contribution < -0.4 is 5.32 Å². The molecule has 1 aromatic heterocycles. The van der Waals surface area contributed by atoms with Crippen molar-refractivity contribution < 1.29 is 4.79 Å². The Labute approximate surface area is 158 Å². The second-order valence-electron chi connectivity index (χ2n) is 8.41. The summed E-state index contributed by atoms with van der Waals surface area (Å²) < 4.78 is 0. The number of thioether (sulfide) groups is 1. The number of benzene rings is 1. The van der Waals surface area contributed by atoms with Crippen LogP contribution in [0.25, 0.3) is 0 Å². The highest BCUT2D eigenvalue weighted by Gasteiger charge is 2.61. The highest BCUT2D eigenvalue weighted by Crippen LogP contribution is 2.65. The average Bonchev–Trinajstić information content (AvgIpc) is 3.26. The van der Waals surface area contributed by atoms with Crippen LogP contribution in [0.1, 0.15) is 56.0 Å². The Balaban J connectivity index is 1.38. The fourth-order valence-corrected chi connectivity index (χ4v) is 5.57. The summed E-state index contributed by atoms with van der Waals surface area (Å²) in [6.07, 6.45) is 5.13. The lowest BCUT2D eigenvalue weighted by atomic mass is 9.69. The third kappa shape index (κ3) is 2.84. The molecule has 2 fully saturated rings. The van der Waals surface area contributed by atoms with Gasteiger partial charge in [0.2, 0.25) is 0 Å². The van der Waals surface area contributed by atoms with E-state index < -0.39 is 0 Å². The van der Waals surface area contributed by atoms with Crippen LogP contribution >= 0.6 is 11.8 Å². The number of hydrogen-bond donors (Lipinski definition) is 2. The molecular weight excluding hydrogens is 344 g/mol. The molecular formula is C20H26N4OS. The lowest BCUT2D eigenvalue weighted by Crippen LogP contribution is -2.46. The van der Waals surface area contributed by atoms with Gasteiger partial charge in [-0.05, 0) is 53.7 Å². The Morgan fingerprint density at radius 3 is 2.65 bits per heavy atom. The highest BCUT2D eigenvalue weighted by atomic mass is 32.2. The van der Waals surface area contributed by atoms with Gasteiger partial charge in [0, 0.05) is 17.4 Å². The van der Waals surface area contributed by atoms with Crippen LogP contribution in [0, 0.1) is 16.7 Å². The van der Waals surface area contributed by atoms with E-state index in [4.69, 9.17) is 0 Å². The fourth-order valence-electron chi connectivity index (χ4n) is 4.83. The normalized spacial score (nSPS) is 29.0. The second-order valence-corrected chi connectivity index (χ2v) is 9.38. The molecule has 0 radical (unpaired) electrons. The molecule has 2 aromatic rings. The predicted molar refractivity (Wildman–Crippen MR) is 103 cm³/mol. The van der Waals surface area contributed by atoms with Gasteiger partial charge >= 0.3 is 0 Å². The molecule has 0 spiro atoms. The minimum absolute atomic E-state index is 0.0500. The third-order valence-electron chi connectivity index (χ3n) is 7.08. The number of nitrogens with one attached hydrogen (secondary N) is 2. The van der Waals surface area contributed by atoms with Gasteiger partial charge in [-0.2, -0.15) is 5.10 Å². The maximum atomic E-state index is 12.7. The molecule has 2 N–H and O–H groups in total.